The molecule has 0 unspecified atom stereocenters. The van der Waals surface area contributed by atoms with Crippen molar-refractivity contribution in [1.82, 2.24) is 5.32 Å². The predicted octanol–water partition coefficient (Wildman–Crippen LogP) is 5.14. The molecule has 1 aliphatic carbocycles. The number of halogens is 2. The van der Waals surface area contributed by atoms with E-state index < -0.39 is 0 Å². The van der Waals surface area contributed by atoms with Crippen LogP contribution in [0.3, 0.4) is 0 Å². The van der Waals surface area contributed by atoms with E-state index in [1.54, 1.807) is 0 Å². The van der Waals surface area contributed by atoms with E-state index in [9.17, 15) is 0 Å². The number of ether oxygens (including phenoxy) is 1. The molecular formula is C16H23Br2NO. The van der Waals surface area contributed by atoms with Gasteiger partial charge in [0.25, 0.3) is 0 Å². The molecule has 0 spiro atoms. The Labute approximate surface area is 138 Å². The summed E-state index contributed by atoms with van der Waals surface area (Å²) in [7, 11) is 0. The number of hydrogen-bond acceptors (Lipinski definition) is 2. The molecule has 1 fully saturated rings. The average Bonchev–Trinajstić information content (AvgIpc) is 3.16. The average molecular weight is 405 g/mol. The Balaban J connectivity index is 1.88. The number of nitrogens with one attached hydrogen (secondary N) is 1. The van der Waals surface area contributed by atoms with E-state index in [-0.39, 0.29) is 0 Å². The Kier molecular flexibility index (Phi) is 6.37. The minimum Gasteiger partial charge on any atom is -0.491 e. The molecule has 20 heavy (non-hydrogen) atoms. The third-order valence-electron chi connectivity index (χ3n) is 3.41. The maximum absolute atomic E-state index is 5.90. The van der Waals surface area contributed by atoms with Crippen LogP contribution in [-0.2, 0) is 6.54 Å². The van der Waals surface area contributed by atoms with Gasteiger partial charge >= 0.3 is 0 Å². The normalized spacial score (nSPS) is 14.8. The van der Waals surface area contributed by atoms with Crippen LogP contribution in [-0.4, -0.2) is 13.2 Å². The molecule has 1 aliphatic rings. The molecule has 0 aliphatic heterocycles. The van der Waals surface area contributed by atoms with Gasteiger partial charge in [-0.15, -0.1) is 0 Å². The second kappa shape index (κ2) is 7.81. The van der Waals surface area contributed by atoms with Crippen molar-refractivity contribution in [3.63, 3.8) is 0 Å². The molecule has 4 heteroatoms. The highest BCUT2D eigenvalue weighted by molar-refractivity contribution is 9.11. The maximum Gasteiger partial charge on any atom is 0.147 e. The van der Waals surface area contributed by atoms with Gasteiger partial charge in [0.15, 0.2) is 0 Å². The third kappa shape index (κ3) is 5.38. The molecule has 0 atom stereocenters. The fourth-order valence-corrected chi connectivity index (χ4v) is 3.60. The molecule has 2 rings (SSSR count). The van der Waals surface area contributed by atoms with E-state index >= 15 is 0 Å². The van der Waals surface area contributed by atoms with E-state index in [0.29, 0.717) is 5.92 Å². The van der Waals surface area contributed by atoms with Crippen molar-refractivity contribution in [1.29, 1.82) is 0 Å². The van der Waals surface area contributed by atoms with E-state index in [1.165, 1.54) is 24.8 Å². The summed E-state index contributed by atoms with van der Waals surface area (Å²) in [5.41, 5.74) is 1.26. The summed E-state index contributed by atoms with van der Waals surface area (Å²) in [5.74, 6) is 2.51. The zero-order valence-electron chi connectivity index (χ0n) is 12.2. The van der Waals surface area contributed by atoms with Gasteiger partial charge in [-0.25, -0.2) is 0 Å². The lowest BCUT2D eigenvalue weighted by molar-refractivity contribution is 0.299. The summed E-state index contributed by atoms with van der Waals surface area (Å²) >= 11 is 7.24. The highest BCUT2D eigenvalue weighted by atomic mass is 79.9. The van der Waals surface area contributed by atoms with Crippen LogP contribution in [0.1, 0.15) is 38.7 Å². The predicted molar refractivity (Wildman–Crippen MR) is 91.2 cm³/mol. The molecule has 112 valence electrons. The lowest BCUT2D eigenvalue weighted by Crippen LogP contribution is -2.19. The minimum atomic E-state index is 0.673. The highest BCUT2D eigenvalue weighted by Crippen LogP contribution is 2.36. The van der Waals surface area contributed by atoms with Crippen molar-refractivity contribution >= 4 is 31.9 Å². The highest BCUT2D eigenvalue weighted by Gasteiger charge is 2.21. The summed E-state index contributed by atoms with van der Waals surface area (Å²) < 4.78 is 7.96. The molecule has 0 heterocycles. The zero-order valence-corrected chi connectivity index (χ0v) is 15.4. The number of hydrogen-bond donors (Lipinski definition) is 1. The van der Waals surface area contributed by atoms with Gasteiger partial charge in [-0.2, -0.15) is 0 Å². The Morgan fingerprint density at radius 2 is 1.90 bits per heavy atom. The molecule has 1 N–H and O–H groups in total. The maximum atomic E-state index is 5.90. The summed E-state index contributed by atoms with van der Waals surface area (Å²) in [5, 5.41) is 3.46. The van der Waals surface area contributed by atoms with Crippen LogP contribution in [0, 0.1) is 11.8 Å². The minimum absolute atomic E-state index is 0.673. The molecule has 0 saturated heterocycles. The first-order valence-corrected chi connectivity index (χ1v) is 8.96. The van der Waals surface area contributed by atoms with Crippen molar-refractivity contribution in [2.45, 2.75) is 39.7 Å². The third-order valence-corrected chi connectivity index (χ3v) is 4.59. The van der Waals surface area contributed by atoms with Crippen LogP contribution < -0.4 is 10.1 Å². The van der Waals surface area contributed by atoms with E-state index in [4.69, 9.17) is 4.74 Å². The first-order chi connectivity index (χ1) is 9.56. The van der Waals surface area contributed by atoms with Crippen LogP contribution in [0.25, 0.3) is 0 Å². The van der Waals surface area contributed by atoms with E-state index in [0.717, 1.165) is 40.3 Å². The van der Waals surface area contributed by atoms with Gasteiger partial charge in [-0.3, -0.25) is 0 Å². The molecular weight excluding hydrogens is 382 g/mol. The molecule has 0 radical (unpaired) electrons. The van der Waals surface area contributed by atoms with Crippen molar-refractivity contribution < 1.29 is 4.74 Å². The fourth-order valence-electron chi connectivity index (χ4n) is 2.09. The second-order valence-electron chi connectivity index (χ2n) is 5.99. The number of rotatable bonds is 8. The summed E-state index contributed by atoms with van der Waals surface area (Å²) in [6, 6.07) is 4.29. The summed E-state index contributed by atoms with van der Waals surface area (Å²) in [6.45, 7) is 7.17. The number of benzene rings is 1. The quantitative estimate of drug-likeness (QED) is 0.647. The first kappa shape index (κ1) is 16.3. The van der Waals surface area contributed by atoms with Gasteiger partial charge < -0.3 is 10.1 Å². The fraction of sp³-hybridized carbons (Fsp3) is 0.625. The van der Waals surface area contributed by atoms with Crippen molar-refractivity contribution in [2.75, 3.05) is 13.2 Å². The standard InChI is InChI=1S/C16H23Br2NO/c1-11(2)9-19-10-13-7-14(17)16(15(18)8-13)20-6-5-12-3-4-12/h7-8,11-12,19H,3-6,9-10H2,1-2H3. The van der Waals surface area contributed by atoms with Gasteiger partial charge in [-0.1, -0.05) is 26.7 Å². The van der Waals surface area contributed by atoms with Crippen LogP contribution in [0.5, 0.6) is 5.75 Å². The smallest absolute Gasteiger partial charge is 0.147 e. The summed E-state index contributed by atoms with van der Waals surface area (Å²) in [4.78, 5) is 0. The molecule has 0 aromatic heterocycles. The Morgan fingerprint density at radius 1 is 1.25 bits per heavy atom. The lowest BCUT2D eigenvalue weighted by Gasteiger charge is -2.13. The van der Waals surface area contributed by atoms with Gasteiger partial charge in [0.05, 0.1) is 15.6 Å². The van der Waals surface area contributed by atoms with Crippen molar-refractivity contribution in [3.05, 3.63) is 26.6 Å². The van der Waals surface area contributed by atoms with Crippen LogP contribution in [0.15, 0.2) is 21.1 Å². The van der Waals surface area contributed by atoms with Crippen LogP contribution in [0.2, 0.25) is 0 Å². The first-order valence-electron chi connectivity index (χ1n) is 7.37. The molecule has 1 aromatic carbocycles. The molecule has 1 aromatic rings. The van der Waals surface area contributed by atoms with Gasteiger partial charge in [0, 0.05) is 6.54 Å². The summed E-state index contributed by atoms with van der Waals surface area (Å²) in [6.07, 6.45) is 3.94. The lowest BCUT2D eigenvalue weighted by atomic mass is 10.2. The van der Waals surface area contributed by atoms with Gasteiger partial charge in [0.2, 0.25) is 0 Å². The molecule has 0 bridgehead atoms. The van der Waals surface area contributed by atoms with Gasteiger partial charge in [0.1, 0.15) is 5.75 Å². The monoisotopic (exact) mass is 403 g/mol. The Bertz CT molecular complexity index is 421. The van der Waals surface area contributed by atoms with Crippen LogP contribution >= 0.6 is 31.9 Å². The van der Waals surface area contributed by atoms with Gasteiger partial charge in [-0.05, 0) is 74.4 Å². The Hall–Kier alpha value is -0.0600. The molecule has 0 amide bonds. The largest absolute Gasteiger partial charge is 0.491 e. The second-order valence-corrected chi connectivity index (χ2v) is 7.70. The molecule has 2 nitrogen and oxygen atoms in total. The van der Waals surface area contributed by atoms with E-state index in [2.05, 4.69) is 63.2 Å². The van der Waals surface area contributed by atoms with Crippen molar-refractivity contribution in [2.24, 2.45) is 11.8 Å². The Morgan fingerprint density at radius 3 is 2.45 bits per heavy atom. The SMILES string of the molecule is CC(C)CNCc1cc(Br)c(OCCC2CC2)c(Br)c1. The van der Waals surface area contributed by atoms with E-state index in [1.807, 2.05) is 0 Å². The molecule has 1 saturated carbocycles. The van der Waals surface area contributed by atoms with Crippen LogP contribution in [0.4, 0.5) is 0 Å². The zero-order chi connectivity index (χ0) is 14.5. The van der Waals surface area contributed by atoms with Crippen molar-refractivity contribution in [3.8, 4) is 5.75 Å². The topological polar surface area (TPSA) is 21.3 Å².